The van der Waals surface area contributed by atoms with Gasteiger partial charge in [-0.05, 0) is 12.5 Å². The Hall–Kier alpha value is -3.22. The maximum Gasteiger partial charge on any atom is 0.338 e. The van der Waals surface area contributed by atoms with Crippen molar-refractivity contribution >= 4 is 17.0 Å². The smallest absolute Gasteiger partial charge is 0.338 e. The molecular formula is C15H11N3O4. The molecule has 7 nitrogen and oxygen atoms in total. The number of H-pyrrole nitrogens is 2. The number of hydrogen-bond donors (Lipinski definition) is 3. The Morgan fingerprint density at radius 2 is 1.82 bits per heavy atom. The fourth-order valence-corrected chi connectivity index (χ4v) is 2.47. The van der Waals surface area contributed by atoms with Crippen LogP contribution in [0.4, 0.5) is 0 Å². The average molecular weight is 297 g/mol. The van der Waals surface area contributed by atoms with Crippen molar-refractivity contribution in [3.63, 3.8) is 0 Å². The summed E-state index contributed by atoms with van der Waals surface area (Å²) in [6, 6.07) is 8.66. The molecule has 2 aromatic heterocycles. The second kappa shape index (κ2) is 4.96. The topological polar surface area (TPSA) is 116 Å². The van der Waals surface area contributed by atoms with Crippen LogP contribution < -0.4 is 11.2 Å². The summed E-state index contributed by atoms with van der Waals surface area (Å²) < 4.78 is 0. The van der Waals surface area contributed by atoms with Gasteiger partial charge in [-0.3, -0.25) is 14.8 Å². The van der Waals surface area contributed by atoms with Gasteiger partial charge in [-0.1, -0.05) is 30.3 Å². The Labute approximate surface area is 123 Å². The Balaban J connectivity index is 2.61. The number of aromatic amines is 2. The number of carboxylic acids is 1. The highest BCUT2D eigenvalue weighted by Crippen LogP contribution is 2.30. The molecule has 0 fully saturated rings. The molecule has 0 saturated carbocycles. The third-order valence-corrected chi connectivity index (χ3v) is 3.34. The number of benzene rings is 1. The van der Waals surface area contributed by atoms with Crippen molar-refractivity contribution in [3.05, 3.63) is 62.4 Å². The monoisotopic (exact) mass is 297 g/mol. The molecule has 0 bridgehead atoms. The number of nitrogens with zero attached hydrogens (tertiary/aromatic N) is 1. The molecule has 0 aliphatic heterocycles. The molecular weight excluding hydrogens is 286 g/mol. The van der Waals surface area contributed by atoms with Gasteiger partial charge in [-0.2, -0.15) is 0 Å². The Bertz CT molecular complexity index is 1000. The molecule has 0 spiro atoms. The number of aromatic nitrogens is 3. The number of aromatic carboxylic acids is 1. The Kier molecular flexibility index (Phi) is 3.10. The number of fused-ring (bicyclic) bond motifs is 1. The second-order valence-corrected chi connectivity index (χ2v) is 4.75. The summed E-state index contributed by atoms with van der Waals surface area (Å²) in [6.45, 7) is 1.52. The van der Waals surface area contributed by atoms with Gasteiger partial charge in [0.25, 0.3) is 5.56 Å². The molecule has 0 amide bonds. The number of nitrogens with one attached hydrogen (secondary N) is 2. The van der Waals surface area contributed by atoms with Crippen LogP contribution in [0.5, 0.6) is 0 Å². The second-order valence-electron chi connectivity index (χ2n) is 4.75. The van der Waals surface area contributed by atoms with E-state index in [1.54, 1.807) is 30.3 Å². The van der Waals surface area contributed by atoms with E-state index in [0.29, 0.717) is 5.56 Å². The van der Waals surface area contributed by atoms with Crippen LogP contribution >= 0.6 is 0 Å². The van der Waals surface area contributed by atoms with Crippen molar-refractivity contribution in [3.8, 4) is 11.1 Å². The van der Waals surface area contributed by atoms with Crippen LogP contribution in [-0.4, -0.2) is 26.0 Å². The molecule has 3 N–H and O–H groups in total. The fourth-order valence-electron chi connectivity index (χ4n) is 2.47. The highest BCUT2D eigenvalue weighted by molar-refractivity contribution is 6.06. The number of carboxylic acid groups (broad SMARTS) is 1. The Morgan fingerprint density at radius 1 is 1.14 bits per heavy atom. The molecule has 0 atom stereocenters. The molecule has 3 rings (SSSR count). The normalized spacial score (nSPS) is 10.8. The van der Waals surface area contributed by atoms with Crippen molar-refractivity contribution in [2.75, 3.05) is 0 Å². The third kappa shape index (κ3) is 2.08. The molecule has 110 valence electrons. The summed E-state index contributed by atoms with van der Waals surface area (Å²) in [5, 5.41) is 9.54. The SMILES string of the molecule is Cc1nc2[nH]c(=O)[nH]c(=O)c2c(-c2ccccc2)c1C(=O)O. The van der Waals surface area contributed by atoms with E-state index in [-0.39, 0.29) is 27.9 Å². The van der Waals surface area contributed by atoms with Gasteiger partial charge in [0, 0.05) is 5.56 Å². The van der Waals surface area contributed by atoms with E-state index in [9.17, 15) is 19.5 Å². The van der Waals surface area contributed by atoms with Gasteiger partial charge in [-0.25, -0.2) is 14.6 Å². The van der Waals surface area contributed by atoms with Crippen LogP contribution in [0.3, 0.4) is 0 Å². The van der Waals surface area contributed by atoms with E-state index in [4.69, 9.17) is 0 Å². The van der Waals surface area contributed by atoms with Crippen LogP contribution in [0.25, 0.3) is 22.2 Å². The molecule has 3 aromatic rings. The van der Waals surface area contributed by atoms with Gasteiger partial charge in [0.05, 0.1) is 16.6 Å². The molecule has 0 aliphatic rings. The zero-order chi connectivity index (χ0) is 15.9. The fraction of sp³-hybridized carbons (Fsp3) is 0.0667. The highest BCUT2D eigenvalue weighted by atomic mass is 16.4. The zero-order valence-corrected chi connectivity index (χ0v) is 11.5. The summed E-state index contributed by atoms with van der Waals surface area (Å²) in [7, 11) is 0. The van der Waals surface area contributed by atoms with Gasteiger partial charge < -0.3 is 5.11 Å². The molecule has 0 radical (unpaired) electrons. The lowest BCUT2D eigenvalue weighted by Gasteiger charge is -2.11. The summed E-state index contributed by atoms with van der Waals surface area (Å²) >= 11 is 0. The molecule has 0 unspecified atom stereocenters. The van der Waals surface area contributed by atoms with Gasteiger partial charge in [0.2, 0.25) is 0 Å². The van der Waals surface area contributed by atoms with Crippen LogP contribution in [0, 0.1) is 6.92 Å². The first-order chi connectivity index (χ1) is 10.5. The lowest BCUT2D eigenvalue weighted by Crippen LogP contribution is -2.24. The van der Waals surface area contributed by atoms with E-state index >= 15 is 0 Å². The first-order valence-corrected chi connectivity index (χ1v) is 6.44. The van der Waals surface area contributed by atoms with Gasteiger partial charge in [0.15, 0.2) is 0 Å². The molecule has 22 heavy (non-hydrogen) atoms. The van der Waals surface area contributed by atoms with Crippen LogP contribution in [-0.2, 0) is 0 Å². The summed E-state index contributed by atoms with van der Waals surface area (Å²) in [4.78, 5) is 43.8. The minimum absolute atomic E-state index is 0.0498. The quantitative estimate of drug-likeness (QED) is 0.659. The first kappa shape index (κ1) is 13.7. The number of pyridine rings is 1. The summed E-state index contributed by atoms with van der Waals surface area (Å²) in [6.07, 6.45) is 0. The molecule has 0 aliphatic carbocycles. The van der Waals surface area contributed by atoms with Crippen molar-refractivity contribution < 1.29 is 9.90 Å². The maximum atomic E-state index is 12.2. The van der Waals surface area contributed by atoms with E-state index < -0.39 is 17.2 Å². The van der Waals surface area contributed by atoms with Crippen molar-refractivity contribution in [1.82, 2.24) is 15.0 Å². The predicted octanol–water partition coefficient (Wildman–Crippen LogP) is 1.29. The average Bonchev–Trinajstić information content (AvgIpc) is 2.45. The van der Waals surface area contributed by atoms with Gasteiger partial charge >= 0.3 is 11.7 Å². The maximum absolute atomic E-state index is 12.2. The lowest BCUT2D eigenvalue weighted by atomic mass is 9.96. The predicted molar refractivity (Wildman–Crippen MR) is 80.1 cm³/mol. The van der Waals surface area contributed by atoms with E-state index in [1.807, 2.05) is 0 Å². The lowest BCUT2D eigenvalue weighted by molar-refractivity contribution is 0.0696. The number of hydrogen-bond acceptors (Lipinski definition) is 4. The van der Waals surface area contributed by atoms with Crippen LogP contribution in [0.1, 0.15) is 16.1 Å². The summed E-state index contributed by atoms with van der Waals surface area (Å²) in [5.74, 6) is -1.18. The van der Waals surface area contributed by atoms with Crippen molar-refractivity contribution in [2.24, 2.45) is 0 Å². The molecule has 7 heteroatoms. The Morgan fingerprint density at radius 3 is 2.45 bits per heavy atom. The summed E-state index contributed by atoms with van der Waals surface area (Å²) in [5.41, 5.74) is -0.327. The highest BCUT2D eigenvalue weighted by Gasteiger charge is 2.22. The van der Waals surface area contributed by atoms with Crippen LogP contribution in [0.15, 0.2) is 39.9 Å². The minimum atomic E-state index is -1.18. The third-order valence-electron chi connectivity index (χ3n) is 3.34. The molecule has 0 saturated heterocycles. The number of aryl methyl sites for hydroxylation is 1. The number of carbonyl (C=O) groups is 1. The zero-order valence-electron chi connectivity index (χ0n) is 11.5. The van der Waals surface area contributed by atoms with Gasteiger partial charge in [0.1, 0.15) is 5.65 Å². The van der Waals surface area contributed by atoms with Crippen molar-refractivity contribution in [2.45, 2.75) is 6.92 Å². The van der Waals surface area contributed by atoms with Crippen molar-refractivity contribution in [1.29, 1.82) is 0 Å². The number of rotatable bonds is 2. The van der Waals surface area contributed by atoms with Gasteiger partial charge in [-0.15, -0.1) is 0 Å². The first-order valence-electron chi connectivity index (χ1n) is 6.44. The van der Waals surface area contributed by atoms with E-state index in [2.05, 4.69) is 15.0 Å². The molecule has 1 aromatic carbocycles. The van der Waals surface area contributed by atoms with E-state index in [1.165, 1.54) is 6.92 Å². The standard InChI is InChI=1S/C15H11N3O4/c1-7-9(14(20)21)10(8-5-3-2-4-6-8)11-12(16-7)17-15(22)18-13(11)19/h2-6H,1H3,(H,20,21)(H2,16,17,18,19,22). The largest absolute Gasteiger partial charge is 0.478 e. The van der Waals surface area contributed by atoms with E-state index in [0.717, 1.165) is 0 Å². The molecule has 2 heterocycles. The van der Waals surface area contributed by atoms with Crippen LogP contribution in [0.2, 0.25) is 0 Å². The minimum Gasteiger partial charge on any atom is -0.478 e.